The van der Waals surface area contributed by atoms with Gasteiger partial charge in [-0.3, -0.25) is 0 Å². The first-order valence-corrected chi connectivity index (χ1v) is 3.04. The van der Waals surface area contributed by atoms with Crippen LogP contribution in [-0.4, -0.2) is 19.1 Å². The first-order chi connectivity index (χ1) is 3.81. The van der Waals surface area contributed by atoms with Crippen molar-refractivity contribution in [3.05, 3.63) is 6.92 Å². The van der Waals surface area contributed by atoms with Crippen LogP contribution >= 0.6 is 0 Å². The van der Waals surface area contributed by atoms with Gasteiger partial charge in [-0.2, -0.15) is 0 Å². The normalized spacial score (nSPS) is 13.9. The van der Waals surface area contributed by atoms with Crippen LogP contribution in [0.3, 0.4) is 0 Å². The zero-order valence-electron chi connectivity index (χ0n) is 5.48. The Morgan fingerprint density at radius 2 is 2.38 bits per heavy atom. The van der Waals surface area contributed by atoms with Gasteiger partial charge in [0.1, 0.15) is 0 Å². The van der Waals surface area contributed by atoms with E-state index in [0.717, 1.165) is 13.0 Å². The van der Waals surface area contributed by atoms with Gasteiger partial charge in [-0.05, 0) is 13.3 Å². The largest absolute Gasteiger partial charge is 0.329 e. The van der Waals surface area contributed by atoms with E-state index in [0.29, 0.717) is 12.6 Å². The molecule has 0 aliphatic rings. The van der Waals surface area contributed by atoms with Crippen LogP contribution in [0.1, 0.15) is 13.3 Å². The minimum Gasteiger partial charge on any atom is -0.329 e. The van der Waals surface area contributed by atoms with Crippen molar-refractivity contribution in [1.29, 1.82) is 0 Å². The van der Waals surface area contributed by atoms with E-state index in [2.05, 4.69) is 19.2 Å². The van der Waals surface area contributed by atoms with Gasteiger partial charge in [0, 0.05) is 19.1 Å². The second kappa shape index (κ2) is 5.06. The molecule has 0 rings (SSSR count). The molecule has 0 amide bonds. The summed E-state index contributed by atoms with van der Waals surface area (Å²) < 4.78 is 0. The maximum absolute atomic E-state index is 5.25. The lowest BCUT2D eigenvalue weighted by atomic mass is 10.3. The first-order valence-electron chi connectivity index (χ1n) is 3.04. The molecule has 1 atom stereocenters. The van der Waals surface area contributed by atoms with Crippen LogP contribution in [-0.2, 0) is 0 Å². The number of hydrogen-bond donors (Lipinski definition) is 2. The topological polar surface area (TPSA) is 38.0 Å². The van der Waals surface area contributed by atoms with Gasteiger partial charge in [-0.25, -0.2) is 0 Å². The molecule has 2 nitrogen and oxygen atoms in total. The number of rotatable bonds is 4. The van der Waals surface area contributed by atoms with Gasteiger partial charge < -0.3 is 11.1 Å². The molecule has 2 heteroatoms. The van der Waals surface area contributed by atoms with E-state index >= 15 is 0 Å². The number of hydrogen-bond acceptors (Lipinski definition) is 2. The van der Waals surface area contributed by atoms with Crippen LogP contribution in [0.25, 0.3) is 0 Å². The van der Waals surface area contributed by atoms with Gasteiger partial charge in [0.25, 0.3) is 0 Å². The molecule has 0 heterocycles. The molecular weight excluding hydrogens is 100 g/mol. The summed E-state index contributed by atoms with van der Waals surface area (Å²) in [5, 5.41) is 3.19. The summed E-state index contributed by atoms with van der Waals surface area (Å²) in [6, 6.07) is 0.513. The van der Waals surface area contributed by atoms with Crippen molar-refractivity contribution < 1.29 is 0 Å². The first kappa shape index (κ1) is 7.92. The quantitative estimate of drug-likeness (QED) is 0.547. The fourth-order valence-electron chi connectivity index (χ4n) is 0.432. The number of nitrogens with two attached hydrogens (primary N) is 1. The Bertz CT molecular complexity index is 45.8. The highest BCUT2D eigenvalue weighted by molar-refractivity contribution is 4.60. The molecule has 0 aromatic rings. The van der Waals surface area contributed by atoms with E-state index < -0.39 is 0 Å². The van der Waals surface area contributed by atoms with Crippen LogP contribution in [0.4, 0.5) is 0 Å². The lowest BCUT2D eigenvalue weighted by Crippen LogP contribution is -2.30. The Hall–Kier alpha value is -0.0800. The van der Waals surface area contributed by atoms with Crippen LogP contribution in [0.15, 0.2) is 0 Å². The summed E-state index contributed by atoms with van der Waals surface area (Å²) in [5.74, 6) is 0. The maximum atomic E-state index is 5.25. The summed E-state index contributed by atoms with van der Waals surface area (Å²) >= 11 is 0. The van der Waals surface area contributed by atoms with E-state index in [1.54, 1.807) is 0 Å². The van der Waals surface area contributed by atoms with Crippen molar-refractivity contribution in [2.24, 2.45) is 5.73 Å². The van der Waals surface area contributed by atoms with Crippen molar-refractivity contribution in [2.45, 2.75) is 19.4 Å². The van der Waals surface area contributed by atoms with Crippen LogP contribution in [0, 0.1) is 6.92 Å². The predicted molar refractivity (Wildman–Crippen MR) is 36.5 cm³/mol. The van der Waals surface area contributed by atoms with Crippen molar-refractivity contribution in [2.75, 3.05) is 13.1 Å². The summed E-state index contributed by atoms with van der Waals surface area (Å²) in [7, 11) is 0. The average Bonchev–Trinajstić information content (AvgIpc) is 1.83. The highest BCUT2D eigenvalue weighted by Gasteiger charge is 1.92. The van der Waals surface area contributed by atoms with E-state index in [-0.39, 0.29) is 0 Å². The summed E-state index contributed by atoms with van der Waals surface area (Å²) in [6.07, 6.45) is 0.931. The molecule has 3 N–H and O–H groups in total. The third-order valence-corrected chi connectivity index (χ3v) is 1.07. The average molecular weight is 115 g/mol. The Morgan fingerprint density at radius 1 is 1.75 bits per heavy atom. The van der Waals surface area contributed by atoms with Gasteiger partial charge in [-0.15, -0.1) is 0 Å². The van der Waals surface area contributed by atoms with Gasteiger partial charge >= 0.3 is 0 Å². The molecule has 0 fully saturated rings. The lowest BCUT2D eigenvalue weighted by Gasteiger charge is -2.08. The minimum atomic E-state index is 0.513. The molecular formula is C6H15N2. The van der Waals surface area contributed by atoms with Gasteiger partial charge in [0.15, 0.2) is 0 Å². The Kier molecular flexibility index (Phi) is 5.01. The fraction of sp³-hybridized carbons (Fsp3) is 0.833. The summed E-state index contributed by atoms with van der Waals surface area (Å²) in [5.41, 5.74) is 5.25. The molecule has 49 valence electrons. The molecule has 0 spiro atoms. The molecule has 8 heavy (non-hydrogen) atoms. The minimum absolute atomic E-state index is 0.513. The zero-order chi connectivity index (χ0) is 6.41. The predicted octanol–water partition coefficient (Wildman–Crippen LogP) is 0.147. The van der Waals surface area contributed by atoms with Crippen LogP contribution in [0.2, 0.25) is 0 Å². The van der Waals surface area contributed by atoms with Gasteiger partial charge in [0.2, 0.25) is 0 Å². The molecule has 1 unspecified atom stereocenters. The van der Waals surface area contributed by atoms with E-state index in [1.165, 1.54) is 0 Å². The van der Waals surface area contributed by atoms with E-state index in [4.69, 9.17) is 5.73 Å². The Morgan fingerprint density at radius 3 is 2.75 bits per heavy atom. The highest BCUT2D eigenvalue weighted by atomic mass is 14.9. The van der Waals surface area contributed by atoms with Crippen LogP contribution in [0.5, 0.6) is 0 Å². The van der Waals surface area contributed by atoms with Crippen molar-refractivity contribution in [3.63, 3.8) is 0 Å². The molecule has 0 aliphatic heterocycles. The highest BCUT2D eigenvalue weighted by Crippen LogP contribution is 1.83. The van der Waals surface area contributed by atoms with Crippen molar-refractivity contribution in [3.8, 4) is 0 Å². The molecule has 0 aliphatic carbocycles. The SMILES string of the molecule is [CH2]CC(C)NCCN. The van der Waals surface area contributed by atoms with E-state index in [1.807, 2.05) is 0 Å². The second-order valence-electron chi connectivity index (χ2n) is 1.93. The second-order valence-corrected chi connectivity index (χ2v) is 1.93. The smallest absolute Gasteiger partial charge is 0.00769 e. The molecule has 0 aromatic heterocycles. The summed E-state index contributed by atoms with van der Waals surface area (Å²) in [4.78, 5) is 0. The Labute approximate surface area is 51.5 Å². The molecule has 0 saturated heterocycles. The van der Waals surface area contributed by atoms with Gasteiger partial charge in [-0.1, -0.05) is 6.92 Å². The number of nitrogens with one attached hydrogen (secondary N) is 1. The maximum Gasteiger partial charge on any atom is 0.00769 e. The fourth-order valence-corrected chi connectivity index (χ4v) is 0.432. The van der Waals surface area contributed by atoms with Crippen LogP contribution < -0.4 is 11.1 Å². The molecule has 0 bridgehead atoms. The zero-order valence-corrected chi connectivity index (χ0v) is 5.48. The third-order valence-electron chi connectivity index (χ3n) is 1.07. The van der Waals surface area contributed by atoms with Crippen molar-refractivity contribution in [1.82, 2.24) is 5.32 Å². The standard InChI is InChI=1S/C6H15N2/c1-3-6(2)8-5-4-7/h6,8H,1,3-5,7H2,2H3. The van der Waals surface area contributed by atoms with E-state index in [9.17, 15) is 0 Å². The van der Waals surface area contributed by atoms with Crippen molar-refractivity contribution >= 4 is 0 Å². The summed E-state index contributed by atoms with van der Waals surface area (Å²) in [6.45, 7) is 7.45. The molecule has 0 saturated carbocycles. The van der Waals surface area contributed by atoms with Gasteiger partial charge in [0.05, 0.1) is 0 Å². The molecule has 0 aromatic carbocycles. The Balaban J connectivity index is 2.86. The lowest BCUT2D eigenvalue weighted by molar-refractivity contribution is 0.560. The monoisotopic (exact) mass is 115 g/mol. The molecule has 1 radical (unpaired) electrons. The third kappa shape index (κ3) is 4.09.